The number of hydrogen-bond donors (Lipinski definition) is 4. The molecule has 5 heterocycles. The molecule has 0 spiro atoms. The number of aromatic nitrogens is 4. The molecule has 4 N–H and O–H groups in total. The molecule has 8 bridgehead atoms. The molecule has 0 aliphatic carbocycles. The number of hydrogen-bond acceptors (Lipinski definition) is 5. The van der Waals surface area contributed by atoms with Crippen molar-refractivity contribution in [2.45, 2.75) is 117 Å². The Hall–Kier alpha value is -4.73. The first kappa shape index (κ1) is 37.5. The van der Waals surface area contributed by atoms with Crippen molar-refractivity contribution in [3.8, 4) is 0 Å². The third-order valence-corrected chi connectivity index (χ3v) is 10.8. The SMILES string of the molecule is CCCCCCC[C@H]1c2cc3[nH]c(cc4nc(cc5[nH]c(cc(n2)[C@]1(C)CC(=O)N(C)C)cc5C)C(C)=C4CCC(=O)O)c(CCC(=O)O)c3C. The smallest absolute Gasteiger partial charge is 0.303 e. The molecule has 10 heteroatoms. The second-order valence-electron chi connectivity index (χ2n) is 14.8. The quantitative estimate of drug-likeness (QED) is 0.123. The molecule has 1 amide bonds. The molecule has 51 heavy (non-hydrogen) atoms. The van der Waals surface area contributed by atoms with Crippen molar-refractivity contribution in [1.29, 1.82) is 0 Å². The van der Waals surface area contributed by atoms with E-state index in [4.69, 9.17) is 9.97 Å². The highest BCUT2D eigenvalue weighted by Gasteiger charge is 2.44. The number of nitrogens with one attached hydrogen (secondary N) is 2. The van der Waals surface area contributed by atoms with E-state index in [1.807, 2.05) is 32.9 Å². The maximum Gasteiger partial charge on any atom is 0.303 e. The first-order chi connectivity index (χ1) is 24.2. The maximum absolute atomic E-state index is 13.5. The molecule has 0 saturated carbocycles. The Labute approximate surface area is 300 Å². The van der Waals surface area contributed by atoms with Crippen LogP contribution in [-0.2, 0) is 26.2 Å². The summed E-state index contributed by atoms with van der Waals surface area (Å²) >= 11 is 0. The standard InChI is InChI=1S/C41H53N5O5/c1-8-9-10-11-12-13-30-36-21-33-26(4)29(15-17-40(50)51)35(44-33)22-34-28(14-16-39(48)49)25(3)32(43-34)20-31-24(2)18-27(42-31)19-37(45-36)41(30,5)23-38(47)46(6)7/h18-22,30,42,44H,8-17,23H2,1-7H3,(H,48,49)(H,50,51)/t30-,41+/m0/s1. The number of unbranched alkanes of at least 4 members (excludes halogenated alkanes) is 4. The Morgan fingerprint density at radius 1 is 0.824 bits per heavy atom. The summed E-state index contributed by atoms with van der Waals surface area (Å²) in [5, 5.41) is 19.2. The molecule has 2 aliphatic rings. The number of carbonyl (C=O) groups excluding carboxylic acids is 1. The zero-order valence-electron chi connectivity index (χ0n) is 31.2. The summed E-state index contributed by atoms with van der Waals surface area (Å²) in [6.45, 7) is 10.4. The van der Waals surface area contributed by atoms with E-state index < -0.39 is 17.4 Å². The summed E-state index contributed by atoms with van der Waals surface area (Å²) in [7, 11) is 3.60. The van der Waals surface area contributed by atoms with Crippen molar-refractivity contribution < 1.29 is 24.6 Å². The maximum atomic E-state index is 13.5. The number of aromatic amines is 2. The normalized spacial score (nSPS) is 17.2. The van der Waals surface area contributed by atoms with Gasteiger partial charge in [-0.1, -0.05) is 46.0 Å². The van der Waals surface area contributed by atoms with Gasteiger partial charge in [-0.25, -0.2) is 4.98 Å². The number of allylic oxidation sites excluding steroid dienone is 2. The van der Waals surface area contributed by atoms with Crippen LogP contribution in [0.5, 0.6) is 0 Å². The fourth-order valence-corrected chi connectivity index (χ4v) is 7.62. The Balaban J connectivity index is 1.84. The zero-order chi connectivity index (χ0) is 37.0. The van der Waals surface area contributed by atoms with Gasteiger partial charge in [-0.05, 0) is 98.2 Å². The molecule has 5 rings (SSSR count). The second kappa shape index (κ2) is 15.7. The lowest BCUT2D eigenvalue weighted by Gasteiger charge is -2.32. The van der Waals surface area contributed by atoms with Gasteiger partial charge in [0.15, 0.2) is 0 Å². The minimum Gasteiger partial charge on any atom is -0.481 e. The average Bonchev–Trinajstić information content (AvgIpc) is 3.72. The lowest BCUT2D eigenvalue weighted by molar-refractivity contribution is -0.137. The Bertz CT molecular complexity index is 2020. The minimum atomic E-state index is -0.883. The Kier molecular flexibility index (Phi) is 11.5. The monoisotopic (exact) mass is 695 g/mol. The molecule has 272 valence electrons. The Morgan fingerprint density at radius 3 is 2.20 bits per heavy atom. The number of nitrogens with zero attached hydrogens (tertiary/aromatic N) is 3. The Morgan fingerprint density at radius 2 is 1.51 bits per heavy atom. The highest BCUT2D eigenvalue weighted by molar-refractivity contribution is 5.94. The first-order valence-electron chi connectivity index (χ1n) is 18.3. The average molecular weight is 696 g/mol. The molecule has 0 saturated heterocycles. The molecule has 0 fully saturated rings. The lowest BCUT2D eigenvalue weighted by atomic mass is 9.70. The molecule has 3 aromatic rings. The summed E-state index contributed by atoms with van der Waals surface area (Å²) < 4.78 is 0. The van der Waals surface area contributed by atoms with Crippen LogP contribution in [0.1, 0.15) is 130 Å². The first-order valence-corrected chi connectivity index (χ1v) is 18.3. The number of carboxylic acid groups (broad SMARTS) is 2. The van der Waals surface area contributed by atoms with Crippen molar-refractivity contribution in [1.82, 2.24) is 24.8 Å². The summed E-state index contributed by atoms with van der Waals surface area (Å²) in [5.41, 5.74) is 10.6. The zero-order valence-corrected chi connectivity index (χ0v) is 31.2. The fourth-order valence-electron chi connectivity index (χ4n) is 7.62. The van der Waals surface area contributed by atoms with Crippen molar-refractivity contribution in [3.63, 3.8) is 0 Å². The summed E-state index contributed by atoms with van der Waals surface area (Å²) in [4.78, 5) is 56.1. The lowest BCUT2D eigenvalue weighted by Crippen LogP contribution is -2.34. The van der Waals surface area contributed by atoms with Crippen LogP contribution in [0.3, 0.4) is 0 Å². The van der Waals surface area contributed by atoms with Gasteiger partial charge in [0.05, 0.1) is 11.4 Å². The number of aliphatic carboxylic acids is 2. The van der Waals surface area contributed by atoms with Crippen molar-refractivity contribution >= 4 is 51.1 Å². The number of rotatable bonds is 14. The number of carbonyl (C=O) groups is 3. The number of aryl methyl sites for hydroxylation is 3. The van der Waals surface area contributed by atoms with Crippen LogP contribution < -0.4 is 0 Å². The van der Waals surface area contributed by atoms with E-state index in [1.54, 1.807) is 19.0 Å². The number of carboxylic acids is 2. The van der Waals surface area contributed by atoms with Crippen LogP contribution in [0.2, 0.25) is 0 Å². The van der Waals surface area contributed by atoms with Crippen molar-refractivity contribution in [2.24, 2.45) is 0 Å². The number of fused-ring (bicyclic) bond motifs is 8. The summed E-state index contributed by atoms with van der Waals surface area (Å²) in [5.74, 6) is -1.73. The van der Waals surface area contributed by atoms with Gasteiger partial charge in [-0.2, -0.15) is 0 Å². The van der Waals surface area contributed by atoms with E-state index in [1.165, 1.54) is 19.3 Å². The topological polar surface area (TPSA) is 152 Å². The van der Waals surface area contributed by atoms with E-state index in [0.717, 1.165) is 86.2 Å². The van der Waals surface area contributed by atoms with Gasteiger partial charge in [0, 0.05) is 78.1 Å². The van der Waals surface area contributed by atoms with E-state index in [9.17, 15) is 24.6 Å². The second-order valence-corrected chi connectivity index (χ2v) is 14.8. The molecular weight excluding hydrogens is 642 g/mol. The number of amides is 1. The molecule has 0 radical (unpaired) electrons. The predicted octanol–water partition coefficient (Wildman–Crippen LogP) is 8.62. The highest BCUT2D eigenvalue weighted by Crippen LogP contribution is 2.48. The molecule has 3 aromatic heterocycles. The predicted molar refractivity (Wildman–Crippen MR) is 203 cm³/mol. The largest absolute Gasteiger partial charge is 0.481 e. The number of H-pyrrole nitrogens is 2. The van der Waals surface area contributed by atoms with E-state index in [0.29, 0.717) is 25.0 Å². The van der Waals surface area contributed by atoms with Gasteiger partial charge in [-0.3, -0.25) is 19.4 Å². The van der Waals surface area contributed by atoms with Crippen LogP contribution in [-0.4, -0.2) is 67.0 Å². The van der Waals surface area contributed by atoms with Crippen LogP contribution in [0, 0.1) is 13.8 Å². The van der Waals surface area contributed by atoms with Gasteiger partial charge in [0.25, 0.3) is 0 Å². The van der Waals surface area contributed by atoms with Crippen LogP contribution in [0.15, 0.2) is 30.3 Å². The third kappa shape index (κ3) is 8.26. The highest BCUT2D eigenvalue weighted by atomic mass is 16.4. The van der Waals surface area contributed by atoms with Crippen LogP contribution >= 0.6 is 0 Å². The van der Waals surface area contributed by atoms with Gasteiger partial charge in [0.2, 0.25) is 5.91 Å². The van der Waals surface area contributed by atoms with Gasteiger partial charge < -0.3 is 25.1 Å². The molecule has 2 aliphatic heterocycles. The van der Waals surface area contributed by atoms with Crippen LogP contribution in [0.25, 0.3) is 33.2 Å². The summed E-state index contributed by atoms with van der Waals surface area (Å²) in [6.07, 6.45) is 7.43. The minimum absolute atomic E-state index is 0.0196. The molecular formula is C41H53N5O5. The van der Waals surface area contributed by atoms with E-state index in [2.05, 4.69) is 42.0 Å². The molecule has 0 unspecified atom stereocenters. The van der Waals surface area contributed by atoms with E-state index in [-0.39, 0.29) is 24.7 Å². The van der Waals surface area contributed by atoms with Gasteiger partial charge in [0.1, 0.15) is 0 Å². The summed E-state index contributed by atoms with van der Waals surface area (Å²) in [6, 6.07) is 10.2. The van der Waals surface area contributed by atoms with Crippen molar-refractivity contribution in [2.75, 3.05) is 14.1 Å². The van der Waals surface area contributed by atoms with Crippen LogP contribution in [0.4, 0.5) is 0 Å². The van der Waals surface area contributed by atoms with Gasteiger partial charge >= 0.3 is 11.9 Å². The molecule has 2 atom stereocenters. The fraction of sp³-hybridized carbons (Fsp3) is 0.488. The van der Waals surface area contributed by atoms with Gasteiger partial charge in [-0.15, -0.1) is 0 Å². The molecule has 10 nitrogen and oxygen atoms in total. The van der Waals surface area contributed by atoms with Crippen molar-refractivity contribution in [3.05, 3.63) is 69.8 Å². The third-order valence-electron chi connectivity index (χ3n) is 10.8. The molecule has 0 aromatic carbocycles. The van der Waals surface area contributed by atoms with E-state index >= 15 is 0 Å².